The van der Waals surface area contributed by atoms with Crippen LogP contribution in [0.2, 0.25) is 0 Å². The van der Waals surface area contributed by atoms with Crippen molar-refractivity contribution in [3.05, 3.63) is 25.3 Å². The molecular weight excluding hydrogens is 174 g/mol. The van der Waals surface area contributed by atoms with Crippen LogP contribution < -0.4 is 0 Å². The first-order chi connectivity index (χ1) is 6.76. The molecule has 0 amide bonds. The van der Waals surface area contributed by atoms with Crippen molar-refractivity contribution >= 4 is 0 Å². The average Bonchev–Trinajstić information content (AvgIpc) is 2.52. The monoisotopic (exact) mass is 195 g/mol. The molecule has 2 nitrogen and oxygen atoms in total. The molecule has 1 aliphatic rings. The van der Waals surface area contributed by atoms with Gasteiger partial charge in [-0.25, -0.2) is 0 Å². The molecule has 1 heterocycles. The first kappa shape index (κ1) is 11.5. The molecule has 1 saturated heterocycles. The summed E-state index contributed by atoms with van der Waals surface area (Å²) < 4.78 is 5.77. The maximum absolute atomic E-state index is 5.77. The summed E-state index contributed by atoms with van der Waals surface area (Å²) in [6.07, 6.45) is 7.09. The molecule has 2 unspecified atom stereocenters. The predicted molar refractivity (Wildman–Crippen MR) is 60.4 cm³/mol. The van der Waals surface area contributed by atoms with Gasteiger partial charge in [-0.15, -0.1) is 13.2 Å². The zero-order valence-corrected chi connectivity index (χ0v) is 9.11. The Morgan fingerprint density at radius 2 is 1.93 bits per heavy atom. The second kappa shape index (κ2) is 5.99. The highest BCUT2D eigenvalue weighted by Crippen LogP contribution is 2.19. The first-order valence-corrected chi connectivity index (χ1v) is 5.36. The number of ether oxygens (including phenoxy) is 1. The second-order valence-electron chi connectivity index (χ2n) is 3.94. The Kier molecular flexibility index (Phi) is 4.91. The van der Waals surface area contributed by atoms with Crippen LogP contribution in [0.4, 0.5) is 0 Å². The molecule has 2 atom stereocenters. The minimum Gasteiger partial charge on any atom is -0.374 e. The first-order valence-electron chi connectivity index (χ1n) is 5.36. The van der Waals surface area contributed by atoms with Gasteiger partial charge in [-0.3, -0.25) is 4.90 Å². The van der Waals surface area contributed by atoms with E-state index in [4.69, 9.17) is 4.74 Å². The van der Waals surface area contributed by atoms with E-state index in [-0.39, 0.29) is 0 Å². The molecule has 2 heteroatoms. The number of nitrogens with zero attached hydrogens (tertiary/aromatic N) is 1. The van der Waals surface area contributed by atoms with Crippen LogP contribution in [-0.2, 0) is 4.74 Å². The largest absolute Gasteiger partial charge is 0.374 e. The van der Waals surface area contributed by atoms with E-state index in [1.54, 1.807) is 0 Å². The fraction of sp³-hybridized carbons (Fsp3) is 0.667. The van der Waals surface area contributed by atoms with Crippen LogP contribution >= 0.6 is 0 Å². The number of hydrogen-bond donors (Lipinski definition) is 0. The Morgan fingerprint density at radius 1 is 1.29 bits per heavy atom. The molecular formula is C12H21NO. The number of hydrogen-bond acceptors (Lipinski definition) is 2. The maximum Gasteiger partial charge on any atom is 0.0706 e. The van der Waals surface area contributed by atoms with Crippen molar-refractivity contribution in [3.63, 3.8) is 0 Å². The third-order valence-corrected chi connectivity index (χ3v) is 2.56. The lowest BCUT2D eigenvalue weighted by Crippen LogP contribution is -2.32. The normalized spacial score (nSPS) is 26.7. The van der Waals surface area contributed by atoms with Crippen LogP contribution in [0, 0.1) is 0 Å². The Hall–Kier alpha value is -0.600. The van der Waals surface area contributed by atoms with Crippen LogP contribution in [0.25, 0.3) is 0 Å². The van der Waals surface area contributed by atoms with Gasteiger partial charge in [0, 0.05) is 19.6 Å². The third-order valence-electron chi connectivity index (χ3n) is 2.56. The maximum atomic E-state index is 5.77. The van der Waals surface area contributed by atoms with Crippen molar-refractivity contribution in [3.8, 4) is 0 Å². The van der Waals surface area contributed by atoms with Gasteiger partial charge in [0.1, 0.15) is 0 Å². The fourth-order valence-electron chi connectivity index (χ4n) is 1.90. The molecule has 1 rings (SSSR count). The summed E-state index contributed by atoms with van der Waals surface area (Å²) in [4.78, 5) is 2.31. The van der Waals surface area contributed by atoms with E-state index in [0.29, 0.717) is 12.2 Å². The van der Waals surface area contributed by atoms with Crippen molar-refractivity contribution in [1.29, 1.82) is 0 Å². The van der Waals surface area contributed by atoms with Crippen LogP contribution in [0.5, 0.6) is 0 Å². The van der Waals surface area contributed by atoms with Gasteiger partial charge >= 0.3 is 0 Å². The van der Waals surface area contributed by atoms with Crippen molar-refractivity contribution in [2.75, 3.05) is 19.6 Å². The van der Waals surface area contributed by atoms with Crippen molar-refractivity contribution in [1.82, 2.24) is 4.90 Å². The smallest absolute Gasteiger partial charge is 0.0706 e. The summed E-state index contributed by atoms with van der Waals surface area (Å²) in [5.74, 6) is 0. The molecule has 0 aromatic carbocycles. The summed E-state index contributed by atoms with van der Waals surface area (Å²) in [5.41, 5.74) is 0. The van der Waals surface area contributed by atoms with Gasteiger partial charge in [0.25, 0.3) is 0 Å². The van der Waals surface area contributed by atoms with E-state index in [9.17, 15) is 0 Å². The third kappa shape index (κ3) is 3.64. The number of rotatable bonds is 6. The average molecular weight is 195 g/mol. The minimum atomic E-state index is 0.407. The highest BCUT2D eigenvalue weighted by Gasteiger charge is 2.23. The molecule has 0 saturated carbocycles. The zero-order valence-electron chi connectivity index (χ0n) is 9.11. The summed E-state index contributed by atoms with van der Waals surface area (Å²) in [6.45, 7) is 12.5. The minimum absolute atomic E-state index is 0.407. The lowest BCUT2D eigenvalue weighted by Gasteiger charge is -2.22. The fourth-order valence-corrected chi connectivity index (χ4v) is 1.90. The van der Waals surface area contributed by atoms with Crippen LogP contribution in [-0.4, -0.2) is 36.7 Å². The van der Waals surface area contributed by atoms with Gasteiger partial charge < -0.3 is 4.74 Å². The quantitative estimate of drug-likeness (QED) is 0.603. The Bertz CT molecular complexity index is 181. The highest BCUT2D eigenvalue weighted by molar-refractivity contribution is 4.83. The molecule has 14 heavy (non-hydrogen) atoms. The van der Waals surface area contributed by atoms with E-state index >= 15 is 0 Å². The van der Waals surface area contributed by atoms with Gasteiger partial charge in [-0.2, -0.15) is 0 Å². The van der Waals surface area contributed by atoms with Crippen LogP contribution in [0.15, 0.2) is 25.3 Å². The molecule has 0 spiro atoms. The lowest BCUT2D eigenvalue weighted by molar-refractivity contribution is 0.0359. The summed E-state index contributed by atoms with van der Waals surface area (Å²) in [7, 11) is 0. The lowest BCUT2D eigenvalue weighted by atomic mass is 10.2. The van der Waals surface area contributed by atoms with Crippen molar-refractivity contribution in [2.24, 2.45) is 0 Å². The van der Waals surface area contributed by atoms with E-state index in [2.05, 4.69) is 25.0 Å². The molecule has 0 bridgehead atoms. The topological polar surface area (TPSA) is 12.5 Å². The molecule has 1 fully saturated rings. The summed E-state index contributed by atoms with van der Waals surface area (Å²) in [6, 6.07) is 0. The van der Waals surface area contributed by atoms with E-state index in [1.807, 2.05) is 12.2 Å². The molecule has 0 aromatic heterocycles. The highest BCUT2D eigenvalue weighted by atomic mass is 16.5. The standard InChI is InChI=1S/C12H21NO/c1-4-8-13(9-5-2)10-12-7-6-11(3)14-12/h4-5,11-12H,1-2,6-10H2,3H3. The Balaban J connectivity index is 2.30. The van der Waals surface area contributed by atoms with E-state index < -0.39 is 0 Å². The summed E-state index contributed by atoms with van der Waals surface area (Å²) in [5, 5.41) is 0. The van der Waals surface area contributed by atoms with E-state index in [0.717, 1.165) is 19.6 Å². The Labute approximate surface area is 87.2 Å². The Morgan fingerprint density at radius 3 is 2.36 bits per heavy atom. The van der Waals surface area contributed by atoms with Crippen LogP contribution in [0.1, 0.15) is 19.8 Å². The second-order valence-corrected chi connectivity index (χ2v) is 3.94. The van der Waals surface area contributed by atoms with Gasteiger partial charge in [-0.1, -0.05) is 12.2 Å². The zero-order chi connectivity index (χ0) is 10.4. The predicted octanol–water partition coefficient (Wildman–Crippen LogP) is 2.23. The van der Waals surface area contributed by atoms with Crippen molar-refractivity contribution < 1.29 is 4.74 Å². The van der Waals surface area contributed by atoms with Gasteiger partial charge in [-0.05, 0) is 19.8 Å². The SMILES string of the molecule is C=CCN(CC=C)CC1CCC(C)O1. The molecule has 80 valence electrons. The van der Waals surface area contributed by atoms with Gasteiger partial charge in [0.2, 0.25) is 0 Å². The van der Waals surface area contributed by atoms with Gasteiger partial charge in [0.05, 0.1) is 12.2 Å². The molecule has 0 radical (unpaired) electrons. The summed E-state index contributed by atoms with van der Waals surface area (Å²) >= 11 is 0. The van der Waals surface area contributed by atoms with Gasteiger partial charge in [0.15, 0.2) is 0 Å². The van der Waals surface area contributed by atoms with E-state index in [1.165, 1.54) is 12.8 Å². The molecule has 0 N–H and O–H groups in total. The molecule has 0 aromatic rings. The van der Waals surface area contributed by atoms with Crippen LogP contribution in [0.3, 0.4) is 0 Å². The molecule has 1 aliphatic heterocycles. The molecule has 0 aliphatic carbocycles. The van der Waals surface area contributed by atoms with Crippen molar-refractivity contribution in [2.45, 2.75) is 32.0 Å².